The van der Waals surface area contributed by atoms with E-state index in [1.54, 1.807) is 12.1 Å². The summed E-state index contributed by atoms with van der Waals surface area (Å²) < 4.78 is 23.8. The molecule has 3 aromatic rings. The number of pyridine rings is 1. The van der Waals surface area contributed by atoms with Crippen molar-refractivity contribution in [3.63, 3.8) is 0 Å². The van der Waals surface area contributed by atoms with Crippen molar-refractivity contribution in [3.8, 4) is 11.6 Å². The summed E-state index contributed by atoms with van der Waals surface area (Å²) in [6, 6.07) is 8.91. The topological polar surface area (TPSA) is 77.2 Å². The largest absolute Gasteiger partial charge is 0.448 e. The summed E-state index contributed by atoms with van der Waals surface area (Å²) in [5, 5.41) is 2.72. The van der Waals surface area contributed by atoms with Crippen molar-refractivity contribution < 1.29 is 18.3 Å². The lowest BCUT2D eigenvalue weighted by molar-refractivity contribution is 0.102. The minimum Gasteiger partial charge on any atom is -0.448 e. The van der Waals surface area contributed by atoms with Gasteiger partial charge in [0, 0.05) is 12.0 Å². The molecule has 1 N–H and O–H groups in total. The van der Waals surface area contributed by atoms with Crippen molar-refractivity contribution >= 4 is 11.6 Å². The van der Waals surface area contributed by atoms with E-state index in [4.69, 9.17) is 9.15 Å². The summed E-state index contributed by atoms with van der Waals surface area (Å²) in [5.41, 5.74) is 0.758. The maximum atomic E-state index is 12.9. The lowest BCUT2D eigenvalue weighted by Crippen LogP contribution is -2.14. The second-order valence-electron chi connectivity index (χ2n) is 6.09. The van der Waals surface area contributed by atoms with Crippen molar-refractivity contribution in [2.45, 2.75) is 25.2 Å². The van der Waals surface area contributed by atoms with Gasteiger partial charge in [-0.1, -0.05) is 6.42 Å². The number of rotatable bonds is 5. The number of aromatic nitrogens is 2. The lowest BCUT2D eigenvalue weighted by Gasteiger charge is -2.21. The van der Waals surface area contributed by atoms with E-state index in [0.29, 0.717) is 29.1 Å². The molecule has 0 aliphatic heterocycles. The molecule has 0 bridgehead atoms. The van der Waals surface area contributed by atoms with Gasteiger partial charge in [0.25, 0.3) is 5.91 Å². The zero-order valence-corrected chi connectivity index (χ0v) is 13.8. The molecule has 1 aromatic carbocycles. The van der Waals surface area contributed by atoms with Crippen LogP contribution in [0.15, 0.2) is 53.3 Å². The molecule has 132 valence electrons. The third-order valence-corrected chi connectivity index (χ3v) is 4.24. The maximum absolute atomic E-state index is 12.9. The van der Waals surface area contributed by atoms with Crippen LogP contribution in [0.1, 0.15) is 41.6 Å². The van der Waals surface area contributed by atoms with Crippen molar-refractivity contribution in [2.75, 3.05) is 5.32 Å². The first-order valence-corrected chi connectivity index (χ1v) is 8.33. The number of carbonyl (C=O) groups excluding carboxylic acids is 1. The molecule has 0 radical (unpaired) electrons. The molecule has 0 atom stereocenters. The van der Waals surface area contributed by atoms with E-state index in [1.165, 1.54) is 43.1 Å². The molecule has 0 saturated heterocycles. The molecular weight excluding hydrogens is 337 g/mol. The third-order valence-electron chi connectivity index (χ3n) is 4.24. The zero-order chi connectivity index (χ0) is 17.9. The summed E-state index contributed by atoms with van der Waals surface area (Å²) in [4.78, 5) is 20.6. The summed E-state index contributed by atoms with van der Waals surface area (Å²) in [6.45, 7) is 0. The van der Waals surface area contributed by atoms with E-state index in [2.05, 4.69) is 15.3 Å². The van der Waals surface area contributed by atoms with Crippen LogP contribution < -0.4 is 10.1 Å². The predicted molar refractivity (Wildman–Crippen MR) is 91.8 cm³/mol. The predicted octanol–water partition coefficient (Wildman–Crippen LogP) is 4.52. The Hall–Kier alpha value is -3.22. The van der Waals surface area contributed by atoms with E-state index >= 15 is 0 Å². The van der Waals surface area contributed by atoms with Gasteiger partial charge in [-0.25, -0.2) is 14.4 Å². The average molecular weight is 353 g/mol. The Labute approximate surface area is 149 Å². The Kier molecular flexibility index (Phi) is 4.35. The zero-order valence-electron chi connectivity index (χ0n) is 13.8. The van der Waals surface area contributed by atoms with Gasteiger partial charge >= 0.3 is 0 Å². The first-order valence-electron chi connectivity index (χ1n) is 8.33. The highest BCUT2D eigenvalue weighted by Gasteiger charge is 2.25. The second kappa shape index (κ2) is 6.95. The van der Waals surface area contributed by atoms with Crippen LogP contribution in [0.3, 0.4) is 0 Å². The number of nitrogens with zero attached hydrogens (tertiary/aromatic N) is 2. The maximum Gasteiger partial charge on any atom is 0.277 e. The van der Waals surface area contributed by atoms with E-state index in [1.807, 2.05) is 0 Å². The molecule has 26 heavy (non-hydrogen) atoms. The Morgan fingerprint density at radius 3 is 2.65 bits per heavy atom. The molecule has 1 aliphatic rings. The van der Waals surface area contributed by atoms with Crippen LogP contribution in [0.2, 0.25) is 0 Å². The molecule has 0 unspecified atom stereocenters. The van der Waals surface area contributed by atoms with E-state index < -0.39 is 0 Å². The summed E-state index contributed by atoms with van der Waals surface area (Å²) in [7, 11) is 0. The Balaban J connectivity index is 1.38. The summed E-state index contributed by atoms with van der Waals surface area (Å²) in [6.07, 6.45) is 6.14. The van der Waals surface area contributed by atoms with E-state index in [0.717, 1.165) is 12.8 Å². The number of anilines is 1. The monoisotopic (exact) mass is 353 g/mol. The van der Waals surface area contributed by atoms with Crippen LogP contribution in [-0.2, 0) is 0 Å². The van der Waals surface area contributed by atoms with Crippen LogP contribution >= 0.6 is 0 Å². The van der Waals surface area contributed by atoms with Crippen molar-refractivity contribution in [1.29, 1.82) is 0 Å². The summed E-state index contributed by atoms with van der Waals surface area (Å²) in [5.74, 6) is 1.08. The standard InChI is InChI=1S/C19H16FN3O3/c20-13-4-7-15(8-5-13)26-17-9-6-14(10-21-17)22-18(24)16-11-25-19(23-16)12-2-1-3-12/h4-12H,1-3H2,(H,22,24). The van der Waals surface area contributed by atoms with Crippen LogP contribution in [0.5, 0.6) is 11.6 Å². The number of halogens is 1. The molecule has 6 nitrogen and oxygen atoms in total. The van der Waals surface area contributed by atoms with Crippen molar-refractivity contribution in [3.05, 3.63) is 66.3 Å². The minimum atomic E-state index is -0.353. The molecule has 2 heterocycles. The second-order valence-corrected chi connectivity index (χ2v) is 6.09. The molecule has 0 spiro atoms. The molecule has 1 aliphatic carbocycles. The number of ether oxygens (including phenoxy) is 1. The summed E-state index contributed by atoms with van der Waals surface area (Å²) >= 11 is 0. The number of amides is 1. The van der Waals surface area contributed by atoms with Crippen LogP contribution in [0.25, 0.3) is 0 Å². The van der Waals surface area contributed by atoms with E-state index in [9.17, 15) is 9.18 Å². The fraction of sp³-hybridized carbons (Fsp3) is 0.211. The van der Waals surface area contributed by atoms with Crippen molar-refractivity contribution in [2.24, 2.45) is 0 Å². The third kappa shape index (κ3) is 3.56. The fourth-order valence-electron chi connectivity index (χ4n) is 2.57. The molecule has 1 amide bonds. The van der Waals surface area contributed by atoms with Gasteiger partial charge in [0.2, 0.25) is 5.88 Å². The average Bonchev–Trinajstić information content (AvgIpc) is 3.07. The molecular formula is C19H16FN3O3. The van der Waals surface area contributed by atoms with Gasteiger partial charge in [-0.2, -0.15) is 0 Å². The van der Waals surface area contributed by atoms with Crippen molar-refractivity contribution in [1.82, 2.24) is 9.97 Å². The Morgan fingerprint density at radius 2 is 2.00 bits per heavy atom. The van der Waals surface area contributed by atoms with Gasteiger partial charge in [-0.15, -0.1) is 0 Å². The number of carbonyl (C=O) groups is 1. The SMILES string of the molecule is O=C(Nc1ccc(Oc2ccc(F)cc2)nc1)c1coc(C2CCC2)n1. The normalized spacial score (nSPS) is 13.9. The van der Waals surface area contributed by atoms with Gasteiger partial charge in [0.1, 0.15) is 17.8 Å². The molecule has 4 rings (SSSR count). The lowest BCUT2D eigenvalue weighted by atomic mass is 9.85. The minimum absolute atomic E-state index is 0.249. The number of oxazole rings is 1. The van der Waals surface area contributed by atoms with Gasteiger partial charge in [-0.3, -0.25) is 4.79 Å². The number of hydrogen-bond donors (Lipinski definition) is 1. The number of hydrogen-bond acceptors (Lipinski definition) is 5. The first kappa shape index (κ1) is 16.3. The highest BCUT2D eigenvalue weighted by Crippen LogP contribution is 2.35. The van der Waals surface area contributed by atoms with Gasteiger partial charge < -0.3 is 14.5 Å². The molecule has 1 saturated carbocycles. The van der Waals surface area contributed by atoms with Gasteiger partial charge in [0.15, 0.2) is 11.6 Å². The van der Waals surface area contributed by atoms with Gasteiger partial charge in [-0.05, 0) is 43.2 Å². The number of nitrogens with one attached hydrogen (secondary N) is 1. The molecule has 2 aromatic heterocycles. The fourth-order valence-corrected chi connectivity index (χ4v) is 2.57. The first-order chi connectivity index (χ1) is 12.7. The smallest absolute Gasteiger partial charge is 0.277 e. The number of benzene rings is 1. The van der Waals surface area contributed by atoms with E-state index in [-0.39, 0.29) is 17.4 Å². The van der Waals surface area contributed by atoms with Crippen LogP contribution in [0.4, 0.5) is 10.1 Å². The highest BCUT2D eigenvalue weighted by atomic mass is 19.1. The van der Waals surface area contributed by atoms with Crippen LogP contribution in [0, 0.1) is 5.82 Å². The Bertz CT molecular complexity index is 903. The highest BCUT2D eigenvalue weighted by molar-refractivity contribution is 6.02. The quantitative estimate of drug-likeness (QED) is 0.730. The molecule has 1 fully saturated rings. The van der Waals surface area contributed by atoms with Gasteiger partial charge in [0.05, 0.1) is 11.9 Å². The Morgan fingerprint density at radius 1 is 1.19 bits per heavy atom. The van der Waals surface area contributed by atoms with Crippen LogP contribution in [-0.4, -0.2) is 15.9 Å². The molecule has 7 heteroatoms.